The van der Waals surface area contributed by atoms with Crippen molar-refractivity contribution in [1.29, 1.82) is 0 Å². The zero-order valence-electron chi connectivity index (χ0n) is 15.3. The summed E-state index contributed by atoms with van der Waals surface area (Å²) in [6.07, 6.45) is -1.03. The maximum atomic E-state index is 12.2. The van der Waals surface area contributed by atoms with Crippen molar-refractivity contribution in [3.63, 3.8) is 0 Å². The van der Waals surface area contributed by atoms with Crippen LogP contribution in [0.4, 0.5) is 5.69 Å². The van der Waals surface area contributed by atoms with Gasteiger partial charge in [-0.1, -0.05) is 61.3 Å². The third-order valence-electron chi connectivity index (χ3n) is 3.77. The SMILES string of the molecule is CC(C)c1ccccc1OCC(=O)O[C@H](C)C(=O)Nc1c(Cl)cccc1Cl. The van der Waals surface area contributed by atoms with E-state index in [9.17, 15) is 9.59 Å². The molecule has 0 bridgehead atoms. The van der Waals surface area contributed by atoms with Gasteiger partial charge in [-0.25, -0.2) is 4.79 Å². The van der Waals surface area contributed by atoms with Crippen molar-refractivity contribution in [3.05, 3.63) is 58.1 Å². The highest BCUT2D eigenvalue weighted by Gasteiger charge is 2.20. The van der Waals surface area contributed by atoms with E-state index in [0.29, 0.717) is 15.8 Å². The van der Waals surface area contributed by atoms with Crippen LogP contribution in [-0.2, 0) is 14.3 Å². The highest BCUT2D eigenvalue weighted by atomic mass is 35.5. The summed E-state index contributed by atoms with van der Waals surface area (Å²) in [6, 6.07) is 12.3. The van der Waals surface area contributed by atoms with E-state index in [1.54, 1.807) is 24.3 Å². The van der Waals surface area contributed by atoms with Gasteiger partial charge in [0.1, 0.15) is 5.75 Å². The number of hydrogen-bond donors (Lipinski definition) is 1. The van der Waals surface area contributed by atoms with Crippen molar-refractivity contribution in [3.8, 4) is 5.75 Å². The van der Waals surface area contributed by atoms with Crippen LogP contribution in [0.2, 0.25) is 10.0 Å². The number of rotatable bonds is 7. The van der Waals surface area contributed by atoms with Gasteiger partial charge in [0.05, 0.1) is 15.7 Å². The average Bonchev–Trinajstić information content (AvgIpc) is 2.63. The first-order valence-corrected chi connectivity index (χ1v) is 9.21. The number of carbonyl (C=O) groups is 2. The van der Waals surface area contributed by atoms with Crippen molar-refractivity contribution >= 4 is 40.8 Å². The molecule has 144 valence electrons. The second-order valence-corrected chi connectivity index (χ2v) is 7.01. The molecule has 0 aliphatic heterocycles. The molecular formula is C20H21Cl2NO4. The predicted octanol–water partition coefficient (Wildman–Crippen LogP) is 5.07. The molecule has 2 aromatic rings. The van der Waals surface area contributed by atoms with Crippen LogP contribution in [0.15, 0.2) is 42.5 Å². The Hall–Kier alpha value is -2.24. The lowest BCUT2D eigenvalue weighted by Crippen LogP contribution is -2.31. The van der Waals surface area contributed by atoms with E-state index >= 15 is 0 Å². The normalized spacial score (nSPS) is 11.8. The molecule has 0 aliphatic rings. The van der Waals surface area contributed by atoms with Crippen LogP contribution >= 0.6 is 23.2 Å². The van der Waals surface area contributed by atoms with Gasteiger partial charge in [0, 0.05) is 0 Å². The van der Waals surface area contributed by atoms with Gasteiger partial charge in [0.2, 0.25) is 0 Å². The van der Waals surface area contributed by atoms with E-state index in [2.05, 4.69) is 5.32 Å². The third-order valence-corrected chi connectivity index (χ3v) is 4.40. The molecule has 7 heteroatoms. The lowest BCUT2D eigenvalue weighted by Gasteiger charge is -2.16. The van der Waals surface area contributed by atoms with E-state index in [1.807, 2.05) is 32.0 Å². The zero-order chi connectivity index (χ0) is 20.0. The topological polar surface area (TPSA) is 64.6 Å². The number of para-hydroxylation sites is 2. The Morgan fingerprint density at radius 3 is 2.26 bits per heavy atom. The zero-order valence-corrected chi connectivity index (χ0v) is 16.8. The Morgan fingerprint density at radius 1 is 1.00 bits per heavy atom. The van der Waals surface area contributed by atoms with Gasteiger partial charge < -0.3 is 14.8 Å². The van der Waals surface area contributed by atoms with Crippen LogP contribution in [0.3, 0.4) is 0 Å². The Kier molecular flexibility index (Phi) is 7.51. The molecule has 0 radical (unpaired) electrons. The summed E-state index contributed by atoms with van der Waals surface area (Å²) in [4.78, 5) is 24.2. The lowest BCUT2D eigenvalue weighted by molar-refractivity contribution is -0.155. The fourth-order valence-electron chi connectivity index (χ4n) is 2.35. The molecule has 0 saturated carbocycles. The van der Waals surface area contributed by atoms with Crippen LogP contribution in [0, 0.1) is 0 Å². The summed E-state index contributed by atoms with van der Waals surface area (Å²) in [6.45, 7) is 5.23. The number of hydrogen-bond acceptors (Lipinski definition) is 4. The molecule has 1 N–H and O–H groups in total. The van der Waals surface area contributed by atoms with Gasteiger partial charge in [-0.05, 0) is 36.6 Å². The minimum absolute atomic E-state index is 0.252. The minimum atomic E-state index is -1.03. The molecule has 0 unspecified atom stereocenters. The Balaban J connectivity index is 1.91. The number of anilines is 1. The van der Waals surface area contributed by atoms with Crippen LogP contribution in [0.5, 0.6) is 5.75 Å². The standard InChI is InChI=1S/C20H21Cl2NO4/c1-12(2)14-7-4-5-10-17(14)26-11-18(24)27-13(3)20(25)23-19-15(21)8-6-9-16(19)22/h4-10,12-13H,11H2,1-3H3,(H,23,25)/t13-/m1/s1. The number of halogens is 2. The van der Waals surface area contributed by atoms with Gasteiger partial charge in [-0.2, -0.15) is 0 Å². The smallest absolute Gasteiger partial charge is 0.344 e. The second kappa shape index (κ2) is 9.62. The van der Waals surface area contributed by atoms with Crippen molar-refractivity contribution in [2.24, 2.45) is 0 Å². The van der Waals surface area contributed by atoms with Crippen LogP contribution < -0.4 is 10.1 Å². The van der Waals surface area contributed by atoms with Gasteiger partial charge in [0.25, 0.3) is 5.91 Å². The van der Waals surface area contributed by atoms with Gasteiger partial charge in [-0.3, -0.25) is 4.79 Å². The van der Waals surface area contributed by atoms with Crippen LogP contribution in [0.25, 0.3) is 0 Å². The summed E-state index contributed by atoms with van der Waals surface area (Å²) < 4.78 is 10.7. The van der Waals surface area contributed by atoms with Crippen LogP contribution in [-0.4, -0.2) is 24.6 Å². The molecule has 2 rings (SSSR count). The number of benzene rings is 2. The first-order valence-electron chi connectivity index (χ1n) is 8.45. The predicted molar refractivity (Wildman–Crippen MR) is 107 cm³/mol. The number of ether oxygens (including phenoxy) is 2. The first kappa shape index (κ1) is 21.1. The van der Waals surface area contributed by atoms with Crippen molar-refractivity contribution in [1.82, 2.24) is 0 Å². The Bertz CT molecular complexity index is 803. The summed E-state index contributed by atoms with van der Waals surface area (Å²) >= 11 is 12.0. The van der Waals surface area contributed by atoms with E-state index < -0.39 is 18.0 Å². The van der Waals surface area contributed by atoms with Gasteiger partial charge in [-0.15, -0.1) is 0 Å². The fraction of sp³-hybridized carbons (Fsp3) is 0.300. The molecule has 0 saturated heterocycles. The van der Waals surface area contributed by atoms with E-state index in [0.717, 1.165) is 5.56 Å². The first-order chi connectivity index (χ1) is 12.8. The molecule has 0 spiro atoms. The van der Waals surface area contributed by atoms with Crippen molar-refractivity contribution in [2.75, 3.05) is 11.9 Å². The number of esters is 1. The van der Waals surface area contributed by atoms with E-state index in [4.69, 9.17) is 32.7 Å². The number of carbonyl (C=O) groups excluding carboxylic acids is 2. The molecule has 5 nitrogen and oxygen atoms in total. The molecule has 0 heterocycles. The van der Waals surface area contributed by atoms with E-state index in [-0.39, 0.29) is 18.2 Å². The Labute approximate surface area is 168 Å². The van der Waals surface area contributed by atoms with Crippen molar-refractivity contribution < 1.29 is 19.1 Å². The third kappa shape index (κ3) is 5.88. The molecule has 27 heavy (non-hydrogen) atoms. The van der Waals surface area contributed by atoms with Crippen LogP contribution in [0.1, 0.15) is 32.3 Å². The summed E-state index contributed by atoms with van der Waals surface area (Å²) in [7, 11) is 0. The van der Waals surface area contributed by atoms with Crippen molar-refractivity contribution in [2.45, 2.75) is 32.8 Å². The van der Waals surface area contributed by atoms with Gasteiger partial charge in [0.15, 0.2) is 12.7 Å². The maximum absolute atomic E-state index is 12.2. The molecule has 2 aromatic carbocycles. The number of nitrogens with one attached hydrogen (secondary N) is 1. The lowest BCUT2D eigenvalue weighted by atomic mass is 10.0. The van der Waals surface area contributed by atoms with Gasteiger partial charge >= 0.3 is 5.97 Å². The molecule has 0 aromatic heterocycles. The average molecular weight is 410 g/mol. The molecule has 1 atom stereocenters. The number of amides is 1. The maximum Gasteiger partial charge on any atom is 0.344 e. The summed E-state index contributed by atoms with van der Waals surface area (Å²) in [5.74, 6) is -0.325. The molecule has 1 amide bonds. The minimum Gasteiger partial charge on any atom is -0.482 e. The highest BCUT2D eigenvalue weighted by molar-refractivity contribution is 6.39. The molecule has 0 fully saturated rings. The largest absolute Gasteiger partial charge is 0.482 e. The van der Waals surface area contributed by atoms with E-state index in [1.165, 1.54) is 6.92 Å². The summed E-state index contributed by atoms with van der Waals surface area (Å²) in [5, 5.41) is 3.15. The second-order valence-electron chi connectivity index (χ2n) is 6.20. The highest BCUT2D eigenvalue weighted by Crippen LogP contribution is 2.30. The quantitative estimate of drug-likeness (QED) is 0.648. The molecular weight excluding hydrogens is 389 g/mol. The fourth-order valence-corrected chi connectivity index (χ4v) is 2.84. The molecule has 0 aliphatic carbocycles. The monoisotopic (exact) mass is 409 g/mol. The Morgan fingerprint density at radius 2 is 1.63 bits per heavy atom. The summed E-state index contributed by atoms with van der Waals surface area (Å²) in [5.41, 5.74) is 1.26.